The van der Waals surface area contributed by atoms with Crippen LogP contribution in [0, 0.1) is 0 Å². The van der Waals surface area contributed by atoms with Crippen molar-refractivity contribution in [3.63, 3.8) is 0 Å². The first-order valence-corrected chi connectivity index (χ1v) is 20.9. The fourth-order valence-electron chi connectivity index (χ4n) is 9.06. The van der Waals surface area contributed by atoms with Crippen LogP contribution in [0.4, 0.5) is 0 Å². The van der Waals surface area contributed by atoms with Crippen LogP contribution in [0.15, 0.2) is 224 Å². The number of benzene rings is 9. The molecular weight excluding hydrogens is 755 g/mol. The molecule has 290 valence electrons. The van der Waals surface area contributed by atoms with Crippen molar-refractivity contribution in [3.05, 3.63) is 224 Å². The van der Waals surface area contributed by atoms with Crippen molar-refractivity contribution in [2.75, 3.05) is 0 Å². The first-order chi connectivity index (χ1) is 30.7. The van der Waals surface area contributed by atoms with Crippen LogP contribution in [0.5, 0.6) is 0 Å². The zero-order valence-corrected chi connectivity index (χ0v) is 33.6. The summed E-state index contributed by atoms with van der Waals surface area (Å²) < 4.78 is 4.83. The van der Waals surface area contributed by atoms with E-state index in [0.717, 1.165) is 72.1 Å². The van der Waals surface area contributed by atoms with Crippen molar-refractivity contribution in [3.8, 4) is 67.8 Å². The molecule has 0 saturated carbocycles. The minimum absolute atomic E-state index is 0.597. The fourth-order valence-corrected chi connectivity index (χ4v) is 9.06. The topological polar surface area (TPSA) is 48.5 Å². The zero-order valence-electron chi connectivity index (χ0n) is 33.6. The molecule has 0 fully saturated rings. The molecule has 0 radical (unpaired) electrons. The van der Waals surface area contributed by atoms with Gasteiger partial charge < -0.3 is 9.13 Å². The molecule has 0 saturated heterocycles. The third-order valence-electron chi connectivity index (χ3n) is 12.0. The van der Waals surface area contributed by atoms with Crippen molar-refractivity contribution in [1.82, 2.24) is 24.1 Å². The molecule has 0 unspecified atom stereocenters. The molecular formula is C57H37N5. The number of hydrogen-bond donors (Lipinski definition) is 0. The van der Waals surface area contributed by atoms with Gasteiger partial charge in [0.15, 0.2) is 17.5 Å². The lowest BCUT2D eigenvalue weighted by molar-refractivity contribution is 1.06. The highest BCUT2D eigenvalue weighted by molar-refractivity contribution is 6.13. The first kappa shape index (κ1) is 35.5. The Bertz CT molecular complexity index is 3500. The van der Waals surface area contributed by atoms with Crippen LogP contribution >= 0.6 is 0 Å². The van der Waals surface area contributed by atoms with E-state index in [1.807, 2.05) is 36.4 Å². The number of rotatable bonds is 7. The SMILES string of the molecule is c1ccc(-c2ccc(-c3nc(-c4ccccc4)nc(-c4ccccc4)n3)c(-n3c4cc(-c5ccccc5)ccc4c4ccc(-n5c6ccccc6c6ccccc65)cc43)c2)cc1. The molecule has 0 amide bonds. The van der Waals surface area contributed by atoms with Crippen molar-refractivity contribution >= 4 is 43.6 Å². The van der Waals surface area contributed by atoms with Gasteiger partial charge in [-0.2, -0.15) is 0 Å². The van der Waals surface area contributed by atoms with Gasteiger partial charge in [-0.1, -0.05) is 182 Å². The van der Waals surface area contributed by atoms with Crippen LogP contribution in [-0.2, 0) is 0 Å². The summed E-state index contributed by atoms with van der Waals surface area (Å²) in [5.74, 6) is 1.84. The summed E-state index contributed by atoms with van der Waals surface area (Å²) in [6, 6.07) is 79.4. The molecule has 5 heteroatoms. The predicted octanol–water partition coefficient (Wildman–Crippen LogP) is 14.4. The third kappa shape index (κ3) is 5.98. The van der Waals surface area contributed by atoms with Crippen LogP contribution in [0.1, 0.15) is 0 Å². The van der Waals surface area contributed by atoms with Gasteiger partial charge >= 0.3 is 0 Å². The summed E-state index contributed by atoms with van der Waals surface area (Å²) in [6.45, 7) is 0. The second-order valence-corrected chi connectivity index (χ2v) is 15.6. The number of aromatic nitrogens is 5. The maximum atomic E-state index is 5.28. The highest BCUT2D eigenvalue weighted by Gasteiger charge is 2.22. The highest BCUT2D eigenvalue weighted by atomic mass is 15.1. The zero-order chi connectivity index (χ0) is 41.0. The minimum Gasteiger partial charge on any atom is -0.309 e. The lowest BCUT2D eigenvalue weighted by Crippen LogP contribution is -2.04. The van der Waals surface area contributed by atoms with Crippen LogP contribution in [0.2, 0.25) is 0 Å². The van der Waals surface area contributed by atoms with Gasteiger partial charge in [-0.3, -0.25) is 0 Å². The maximum Gasteiger partial charge on any atom is 0.166 e. The molecule has 0 bridgehead atoms. The highest BCUT2D eigenvalue weighted by Crippen LogP contribution is 2.41. The number of para-hydroxylation sites is 2. The van der Waals surface area contributed by atoms with Crippen molar-refractivity contribution in [2.45, 2.75) is 0 Å². The summed E-state index contributed by atoms with van der Waals surface area (Å²) in [5, 5.41) is 4.78. The molecule has 3 heterocycles. The van der Waals surface area contributed by atoms with Gasteiger partial charge in [0.05, 0.1) is 27.8 Å². The standard InChI is InChI=1S/C57H37N5/c1-5-17-38(18-6-1)42-29-32-47-48-34-31-44(61-50-27-15-13-25-45(50)46-26-14-16-28-51(46)61)37-54(48)62(52(47)35-42)53-36-43(39-19-7-2-8-20-39)30-33-49(53)57-59-55(40-21-9-3-10-22-40)58-56(60-57)41-23-11-4-12-24-41/h1-37H. The van der Waals surface area contributed by atoms with Gasteiger partial charge in [0, 0.05) is 43.9 Å². The summed E-state index contributed by atoms with van der Waals surface area (Å²) in [7, 11) is 0. The van der Waals surface area contributed by atoms with Gasteiger partial charge in [0.25, 0.3) is 0 Å². The Morgan fingerprint density at radius 3 is 1.24 bits per heavy atom. The second kappa shape index (κ2) is 14.7. The smallest absolute Gasteiger partial charge is 0.166 e. The van der Waals surface area contributed by atoms with Gasteiger partial charge in [-0.05, 0) is 64.7 Å². The Hall–Kier alpha value is -8.41. The largest absolute Gasteiger partial charge is 0.309 e. The monoisotopic (exact) mass is 791 g/mol. The fraction of sp³-hybridized carbons (Fsp3) is 0. The van der Waals surface area contributed by atoms with Crippen LogP contribution in [-0.4, -0.2) is 24.1 Å². The number of fused-ring (bicyclic) bond motifs is 6. The Labute approximate surface area is 358 Å². The van der Waals surface area contributed by atoms with Gasteiger partial charge in [-0.15, -0.1) is 0 Å². The lowest BCUT2D eigenvalue weighted by Gasteiger charge is -2.17. The van der Waals surface area contributed by atoms with E-state index in [1.165, 1.54) is 21.8 Å². The van der Waals surface area contributed by atoms with E-state index in [4.69, 9.17) is 15.0 Å². The van der Waals surface area contributed by atoms with Crippen molar-refractivity contribution in [1.29, 1.82) is 0 Å². The molecule has 0 N–H and O–H groups in total. The molecule has 5 nitrogen and oxygen atoms in total. The van der Waals surface area contributed by atoms with Crippen molar-refractivity contribution in [2.24, 2.45) is 0 Å². The molecule has 0 aliphatic heterocycles. The summed E-state index contributed by atoms with van der Waals surface area (Å²) >= 11 is 0. The number of hydrogen-bond acceptors (Lipinski definition) is 3. The molecule has 12 rings (SSSR count). The Kier molecular flexibility index (Phi) is 8.42. The molecule has 0 spiro atoms. The predicted molar refractivity (Wildman–Crippen MR) is 256 cm³/mol. The van der Waals surface area contributed by atoms with E-state index in [9.17, 15) is 0 Å². The Morgan fingerprint density at radius 1 is 0.258 bits per heavy atom. The average Bonchev–Trinajstić information content (AvgIpc) is 3.87. The normalized spacial score (nSPS) is 11.5. The summed E-state index contributed by atoms with van der Waals surface area (Å²) in [5.41, 5.74) is 13.8. The van der Waals surface area contributed by atoms with Crippen LogP contribution < -0.4 is 0 Å². The Morgan fingerprint density at radius 2 is 0.677 bits per heavy atom. The van der Waals surface area contributed by atoms with Crippen molar-refractivity contribution < 1.29 is 0 Å². The van der Waals surface area contributed by atoms with Gasteiger partial charge in [0.2, 0.25) is 0 Å². The third-order valence-corrected chi connectivity index (χ3v) is 12.0. The molecule has 0 aliphatic rings. The first-order valence-electron chi connectivity index (χ1n) is 20.9. The van der Waals surface area contributed by atoms with Crippen LogP contribution in [0.3, 0.4) is 0 Å². The van der Waals surface area contributed by atoms with Gasteiger partial charge in [-0.25, -0.2) is 15.0 Å². The minimum atomic E-state index is 0.597. The molecule has 3 aromatic heterocycles. The van der Waals surface area contributed by atoms with E-state index in [2.05, 4.69) is 197 Å². The molecule has 0 atom stereocenters. The molecule has 62 heavy (non-hydrogen) atoms. The van der Waals surface area contributed by atoms with Gasteiger partial charge in [0.1, 0.15) is 0 Å². The lowest BCUT2D eigenvalue weighted by atomic mass is 10.0. The van der Waals surface area contributed by atoms with E-state index in [-0.39, 0.29) is 0 Å². The second-order valence-electron chi connectivity index (χ2n) is 15.6. The maximum absolute atomic E-state index is 5.28. The summed E-state index contributed by atoms with van der Waals surface area (Å²) in [6.07, 6.45) is 0. The molecule has 9 aromatic carbocycles. The average molecular weight is 792 g/mol. The molecule has 0 aliphatic carbocycles. The van der Waals surface area contributed by atoms with Crippen LogP contribution in [0.25, 0.3) is 111 Å². The summed E-state index contributed by atoms with van der Waals surface area (Å²) in [4.78, 5) is 15.6. The van der Waals surface area contributed by atoms with E-state index in [0.29, 0.717) is 17.5 Å². The molecule has 12 aromatic rings. The number of nitrogens with zero attached hydrogens (tertiary/aromatic N) is 5. The quantitative estimate of drug-likeness (QED) is 0.162. The van der Waals surface area contributed by atoms with E-state index >= 15 is 0 Å². The van der Waals surface area contributed by atoms with E-state index in [1.54, 1.807) is 0 Å². The Balaban J connectivity index is 1.19. The van der Waals surface area contributed by atoms with E-state index < -0.39 is 0 Å².